The zero-order chi connectivity index (χ0) is 17.6. The van der Waals surface area contributed by atoms with E-state index in [2.05, 4.69) is 26.6 Å². The van der Waals surface area contributed by atoms with Crippen molar-refractivity contribution in [3.05, 3.63) is 82.8 Å². The Morgan fingerprint density at radius 1 is 0.920 bits per heavy atom. The molecule has 126 valence electrons. The van der Waals surface area contributed by atoms with Gasteiger partial charge in [-0.05, 0) is 52.2 Å². The summed E-state index contributed by atoms with van der Waals surface area (Å²) in [6.07, 6.45) is 0. The van der Waals surface area contributed by atoms with Crippen molar-refractivity contribution in [2.24, 2.45) is 0 Å². The monoisotopic (exact) mass is 394 g/mol. The second-order valence-electron chi connectivity index (χ2n) is 5.80. The van der Waals surface area contributed by atoms with E-state index in [1.54, 1.807) is 0 Å². The van der Waals surface area contributed by atoms with Crippen LogP contribution in [-0.4, -0.2) is 12.5 Å². The van der Waals surface area contributed by atoms with E-state index in [9.17, 15) is 4.79 Å². The summed E-state index contributed by atoms with van der Waals surface area (Å²) in [5.41, 5.74) is 4.96. The first kappa shape index (κ1) is 17.2. The lowest BCUT2D eigenvalue weighted by atomic mass is 10.0. The molecule has 0 bridgehead atoms. The second-order valence-corrected chi connectivity index (χ2v) is 6.65. The smallest absolute Gasteiger partial charge is 0.243 e. The van der Waals surface area contributed by atoms with E-state index in [1.807, 2.05) is 79.7 Å². The average molecular weight is 395 g/mol. The van der Waals surface area contributed by atoms with Crippen molar-refractivity contribution in [2.45, 2.75) is 6.92 Å². The molecule has 3 aromatic carbocycles. The predicted octanol–water partition coefficient (Wildman–Crippen LogP) is 5.48. The van der Waals surface area contributed by atoms with Gasteiger partial charge in [0.05, 0.1) is 6.54 Å². The largest absolute Gasteiger partial charge is 0.375 e. The van der Waals surface area contributed by atoms with Crippen molar-refractivity contribution in [3.63, 3.8) is 0 Å². The van der Waals surface area contributed by atoms with E-state index in [0.717, 1.165) is 27.0 Å². The number of carbonyl (C=O) groups is 1. The van der Waals surface area contributed by atoms with E-state index in [1.165, 1.54) is 5.56 Å². The van der Waals surface area contributed by atoms with Crippen molar-refractivity contribution in [1.82, 2.24) is 0 Å². The van der Waals surface area contributed by atoms with Crippen LogP contribution in [0.2, 0.25) is 0 Å². The van der Waals surface area contributed by atoms with Gasteiger partial charge in [0.2, 0.25) is 5.91 Å². The summed E-state index contributed by atoms with van der Waals surface area (Å²) in [6, 6.07) is 23.8. The fourth-order valence-corrected chi connectivity index (χ4v) is 3.23. The van der Waals surface area contributed by atoms with Crippen molar-refractivity contribution >= 4 is 33.2 Å². The third kappa shape index (κ3) is 4.48. The molecule has 4 heteroatoms. The van der Waals surface area contributed by atoms with E-state index in [4.69, 9.17) is 0 Å². The second kappa shape index (κ2) is 7.99. The van der Waals surface area contributed by atoms with Gasteiger partial charge in [-0.3, -0.25) is 4.79 Å². The summed E-state index contributed by atoms with van der Waals surface area (Å²) in [5, 5.41) is 6.15. The van der Waals surface area contributed by atoms with Crippen molar-refractivity contribution < 1.29 is 4.79 Å². The lowest BCUT2D eigenvalue weighted by molar-refractivity contribution is -0.114. The van der Waals surface area contributed by atoms with Gasteiger partial charge in [0.15, 0.2) is 0 Å². The van der Waals surface area contributed by atoms with Gasteiger partial charge in [0.1, 0.15) is 0 Å². The zero-order valence-corrected chi connectivity index (χ0v) is 15.5. The van der Waals surface area contributed by atoms with E-state index < -0.39 is 0 Å². The van der Waals surface area contributed by atoms with Crippen LogP contribution in [0.15, 0.2) is 77.3 Å². The molecule has 3 rings (SSSR count). The molecule has 25 heavy (non-hydrogen) atoms. The molecular weight excluding hydrogens is 376 g/mol. The molecule has 0 aliphatic rings. The van der Waals surface area contributed by atoms with Gasteiger partial charge in [-0.1, -0.05) is 54.6 Å². The molecule has 0 aliphatic carbocycles. The Labute approximate surface area is 156 Å². The van der Waals surface area contributed by atoms with Crippen LogP contribution in [-0.2, 0) is 4.79 Å². The van der Waals surface area contributed by atoms with Crippen molar-refractivity contribution in [1.29, 1.82) is 0 Å². The third-order valence-electron chi connectivity index (χ3n) is 3.85. The number of carbonyl (C=O) groups excluding carboxylic acids is 1. The highest BCUT2D eigenvalue weighted by molar-refractivity contribution is 9.10. The SMILES string of the molecule is Cc1ccc(NCC(=O)Nc2ccccc2-c2ccccc2)c(Br)c1. The van der Waals surface area contributed by atoms with E-state index in [0.29, 0.717) is 0 Å². The minimum Gasteiger partial charge on any atom is -0.375 e. The maximum absolute atomic E-state index is 12.4. The molecule has 1 amide bonds. The first-order valence-electron chi connectivity index (χ1n) is 8.08. The number of halogens is 1. The molecule has 0 atom stereocenters. The Balaban J connectivity index is 1.69. The molecule has 0 spiro atoms. The molecule has 2 N–H and O–H groups in total. The average Bonchev–Trinajstić information content (AvgIpc) is 2.62. The molecule has 0 saturated heterocycles. The number of aryl methyl sites for hydroxylation is 1. The Bertz CT molecular complexity index is 878. The molecule has 0 fully saturated rings. The van der Waals surface area contributed by atoms with E-state index >= 15 is 0 Å². The Kier molecular flexibility index (Phi) is 5.51. The number of hydrogen-bond donors (Lipinski definition) is 2. The summed E-state index contributed by atoms with van der Waals surface area (Å²) in [6.45, 7) is 2.23. The van der Waals surface area contributed by atoms with Crippen LogP contribution in [0, 0.1) is 6.92 Å². The molecule has 0 aromatic heterocycles. The number of nitrogens with one attached hydrogen (secondary N) is 2. The third-order valence-corrected chi connectivity index (χ3v) is 4.51. The fraction of sp³-hybridized carbons (Fsp3) is 0.0952. The van der Waals surface area contributed by atoms with Gasteiger partial charge in [0.25, 0.3) is 0 Å². The van der Waals surface area contributed by atoms with Gasteiger partial charge in [-0.15, -0.1) is 0 Å². The highest BCUT2D eigenvalue weighted by Crippen LogP contribution is 2.27. The van der Waals surface area contributed by atoms with Crippen LogP contribution in [0.3, 0.4) is 0 Å². The number of para-hydroxylation sites is 1. The Hall–Kier alpha value is -2.59. The highest BCUT2D eigenvalue weighted by Gasteiger charge is 2.09. The number of hydrogen-bond acceptors (Lipinski definition) is 2. The van der Waals surface area contributed by atoms with E-state index in [-0.39, 0.29) is 12.5 Å². The minimum absolute atomic E-state index is 0.0872. The number of rotatable bonds is 5. The van der Waals surface area contributed by atoms with Gasteiger partial charge >= 0.3 is 0 Å². The highest BCUT2D eigenvalue weighted by atomic mass is 79.9. The minimum atomic E-state index is -0.0872. The van der Waals surface area contributed by atoms with Gasteiger partial charge in [0, 0.05) is 21.4 Å². The van der Waals surface area contributed by atoms with Crippen LogP contribution >= 0.6 is 15.9 Å². The maximum Gasteiger partial charge on any atom is 0.243 e. The van der Waals surface area contributed by atoms with Gasteiger partial charge < -0.3 is 10.6 Å². The molecule has 0 saturated carbocycles. The van der Waals surface area contributed by atoms with Crippen LogP contribution < -0.4 is 10.6 Å². The Morgan fingerprint density at radius 3 is 2.40 bits per heavy atom. The lowest BCUT2D eigenvalue weighted by Gasteiger charge is -2.13. The number of benzene rings is 3. The quantitative estimate of drug-likeness (QED) is 0.601. The Morgan fingerprint density at radius 2 is 1.64 bits per heavy atom. The molecule has 0 radical (unpaired) electrons. The fourth-order valence-electron chi connectivity index (χ4n) is 2.59. The molecule has 0 aliphatic heterocycles. The summed E-state index contributed by atoms with van der Waals surface area (Å²) >= 11 is 3.51. The summed E-state index contributed by atoms with van der Waals surface area (Å²) in [5.74, 6) is -0.0872. The molecule has 0 heterocycles. The summed E-state index contributed by atoms with van der Waals surface area (Å²) in [4.78, 5) is 12.4. The summed E-state index contributed by atoms with van der Waals surface area (Å²) < 4.78 is 0.949. The van der Waals surface area contributed by atoms with Crippen LogP contribution in [0.1, 0.15) is 5.56 Å². The first-order valence-corrected chi connectivity index (χ1v) is 8.87. The van der Waals surface area contributed by atoms with Gasteiger partial charge in [-0.25, -0.2) is 0 Å². The summed E-state index contributed by atoms with van der Waals surface area (Å²) in [7, 11) is 0. The van der Waals surface area contributed by atoms with Crippen LogP contribution in [0.5, 0.6) is 0 Å². The lowest BCUT2D eigenvalue weighted by Crippen LogP contribution is -2.22. The topological polar surface area (TPSA) is 41.1 Å². The molecular formula is C21H19BrN2O. The molecule has 3 nitrogen and oxygen atoms in total. The predicted molar refractivity (Wildman–Crippen MR) is 108 cm³/mol. The maximum atomic E-state index is 12.4. The molecule has 3 aromatic rings. The van der Waals surface area contributed by atoms with Crippen molar-refractivity contribution in [3.8, 4) is 11.1 Å². The molecule has 0 unspecified atom stereocenters. The van der Waals surface area contributed by atoms with Gasteiger partial charge in [-0.2, -0.15) is 0 Å². The van der Waals surface area contributed by atoms with Crippen LogP contribution in [0.25, 0.3) is 11.1 Å². The number of anilines is 2. The van der Waals surface area contributed by atoms with Crippen LogP contribution in [0.4, 0.5) is 11.4 Å². The van der Waals surface area contributed by atoms with Crippen molar-refractivity contribution in [2.75, 3.05) is 17.2 Å². The standard InChI is InChI=1S/C21H19BrN2O/c1-15-11-12-20(18(22)13-15)23-14-21(25)24-19-10-6-5-9-17(19)16-7-3-2-4-8-16/h2-13,23H,14H2,1H3,(H,24,25). The number of amides is 1. The zero-order valence-electron chi connectivity index (χ0n) is 13.9. The first-order chi connectivity index (χ1) is 12.1. The normalized spacial score (nSPS) is 10.3.